The van der Waals surface area contributed by atoms with E-state index in [0.29, 0.717) is 24.3 Å². The molecule has 37 heavy (non-hydrogen) atoms. The molecule has 3 nitrogen and oxygen atoms in total. The molecular formula is C20H20F12N2OSi2. The van der Waals surface area contributed by atoms with Gasteiger partial charge in [0.2, 0.25) is 8.40 Å². The van der Waals surface area contributed by atoms with Crippen molar-refractivity contribution in [3.05, 3.63) is 58.7 Å². The molecule has 0 bridgehead atoms. The molecule has 0 atom stereocenters. The van der Waals surface area contributed by atoms with E-state index in [-0.39, 0.29) is 12.1 Å². The second kappa shape index (κ2) is 9.41. The average molecular weight is 589 g/mol. The van der Waals surface area contributed by atoms with Crippen LogP contribution in [-0.4, -0.2) is 21.7 Å². The molecule has 0 radical (unpaired) electrons. The van der Waals surface area contributed by atoms with Crippen LogP contribution < -0.4 is 9.21 Å². The van der Waals surface area contributed by atoms with Crippen molar-refractivity contribution in [1.29, 1.82) is 0 Å². The predicted molar refractivity (Wildman–Crippen MR) is 116 cm³/mol. The molecule has 0 aliphatic rings. The molecule has 0 heterocycles. The van der Waals surface area contributed by atoms with Crippen molar-refractivity contribution in [3.8, 4) is 0 Å². The van der Waals surface area contributed by atoms with Crippen molar-refractivity contribution >= 4 is 28.3 Å². The first-order valence-electron chi connectivity index (χ1n) is 10.1. The average Bonchev–Trinajstić information content (AvgIpc) is 2.62. The van der Waals surface area contributed by atoms with Gasteiger partial charge < -0.3 is 14.0 Å². The van der Waals surface area contributed by atoms with Crippen LogP contribution >= 0.6 is 0 Å². The maximum atomic E-state index is 13.4. The fourth-order valence-electron chi connectivity index (χ4n) is 3.83. The molecule has 0 aliphatic carbocycles. The number of halogens is 12. The Hall–Kier alpha value is -2.41. The third-order valence-corrected chi connectivity index (χ3v) is 11.9. The maximum absolute atomic E-state index is 13.4. The Kier molecular flexibility index (Phi) is 7.83. The molecule has 0 saturated carbocycles. The minimum Gasteiger partial charge on any atom is -0.416 e. The minimum absolute atomic E-state index is 0.134. The van der Waals surface area contributed by atoms with Crippen LogP contribution in [0.2, 0.25) is 26.2 Å². The van der Waals surface area contributed by atoms with Gasteiger partial charge in [-0.3, -0.25) is 0 Å². The van der Waals surface area contributed by atoms with E-state index >= 15 is 0 Å². The van der Waals surface area contributed by atoms with Crippen molar-refractivity contribution in [3.63, 3.8) is 0 Å². The topological polar surface area (TPSA) is 35.5 Å². The maximum Gasteiger partial charge on any atom is 0.416 e. The van der Waals surface area contributed by atoms with E-state index in [2.05, 4.69) is 4.98 Å². The number of hydrogen-bond acceptors (Lipinski definition) is 3. The van der Waals surface area contributed by atoms with Gasteiger partial charge in [0.15, 0.2) is 0 Å². The third kappa shape index (κ3) is 7.56. The molecule has 208 valence electrons. The van der Waals surface area contributed by atoms with Gasteiger partial charge in [0.25, 0.3) is 8.48 Å². The Balaban J connectivity index is 2.75. The highest BCUT2D eigenvalue weighted by molar-refractivity contribution is 6.98. The Morgan fingerprint density at radius 2 is 0.865 bits per heavy atom. The Bertz CT molecular complexity index is 1070. The molecule has 0 amide bonds. The first-order valence-corrected chi connectivity index (χ1v) is 16.0. The fraction of sp³-hybridized carbons (Fsp3) is 0.400. The quantitative estimate of drug-likeness (QED) is 0.274. The summed E-state index contributed by atoms with van der Waals surface area (Å²) in [4.78, 5) is 13.3. The van der Waals surface area contributed by atoms with Crippen molar-refractivity contribution < 1.29 is 57.5 Å². The third-order valence-electron chi connectivity index (χ3n) is 4.97. The first-order chi connectivity index (χ1) is 16.2. The van der Waals surface area contributed by atoms with E-state index in [0.717, 1.165) is 17.3 Å². The summed E-state index contributed by atoms with van der Waals surface area (Å²) in [6, 6.07) is 1.07. The van der Waals surface area contributed by atoms with Gasteiger partial charge in [0.1, 0.15) is 0 Å². The number of nitrogens with zero attached hydrogens (tertiary/aromatic N) is 1. The largest absolute Gasteiger partial charge is 0.416 e. The van der Waals surface area contributed by atoms with E-state index < -0.39 is 75.2 Å². The number of benzene rings is 2. The van der Waals surface area contributed by atoms with Crippen LogP contribution in [0.15, 0.2) is 36.4 Å². The number of alkyl halides is 12. The van der Waals surface area contributed by atoms with Gasteiger partial charge in [-0.15, -0.1) is 0 Å². The second-order valence-corrected chi connectivity index (χ2v) is 16.8. The normalized spacial score (nSPS) is 14.1. The van der Waals surface area contributed by atoms with E-state index in [1.807, 2.05) is 0 Å². The molecule has 2 N–H and O–H groups in total. The number of anilines is 2. The lowest BCUT2D eigenvalue weighted by Gasteiger charge is -2.46. The van der Waals surface area contributed by atoms with Gasteiger partial charge in [-0.05, 0) is 62.6 Å². The Morgan fingerprint density at radius 1 is 0.568 bits per heavy atom. The highest BCUT2D eigenvalue weighted by Gasteiger charge is 2.45. The summed E-state index contributed by atoms with van der Waals surface area (Å²) in [6.45, 7) is 4.67. The zero-order chi connectivity index (χ0) is 29.0. The molecule has 2 aromatic carbocycles. The van der Waals surface area contributed by atoms with Gasteiger partial charge >= 0.3 is 24.7 Å². The van der Waals surface area contributed by atoms with Crippen LogP contribution in [-0.2, 0) is 24.7 Å². The number of rotatable bonds is 5. The zero-order valence-electron chi connectivity index (χ0n) is 19.4. The lowest BCUT2D eigenvalue weighted by Crippen LogP contribution is -2.66. The number of nitrogens with one attached hydrogen (secondary N) is 1. The summed E-state index contributed by atoms with van der Waals surface area (Å²) in [5, 5.41) is 0. The fourth-order valence-corrected chi connectivity index (χ4v) is 12.0. The van der Waals surface area contributed by atoms with Gasteiger partial charge in [-0.25, -0.2) is 0 Å². The van der Waals surface area contributed by atoms with Gasteiger partial charge in [0, 0.05) is 11.4 Å². The zero-order valence-corrected chi connectivity index (χ0v) is 21.4. The molecule has 0 fully saturated rings. The molecule has 0 aromatic heterocycles. The van der Waals surface area contributed by atoms with Crippen LogP contribution in [0.3, 0.4) is 0 Å². The molecule has 2 aromatic rings. The van der Waals surface area contributed by atoms with Crippen molar-refractivity contribution in [1.82, 2.24) is 0 Å². The Morgan fingerprint density at radius 3 is 1.14 bits per heavy atom. The molecule has 0 saturated heterocycles. The summed E-state index contributed by atoms with van der Waals surface area (Å²) in [5.74, 6) is 0. The van der Waals surface area contributed by atoms with Crippen LogP contribution in [0.5, 0.6) is 0 Å². The van der Waals surface area contributed by atoms with Gasteiger partial charge in [-0.2, -0.15) is 52.7 Å². The van der Waals surface area contributed by atoms with E-state index in [4.69, 9.17) is 0 Å². The highest BCUT2D eigenvalue weighted by Crippen LogP contribution is 2.42. The molecule has 0 unspecified atom stereocenters. The van der Waals surface area contributed by atoms with Crippen molar-refractivity contribution in [2.45, 2.75) is 50.9 Å². The summed E-state index contributed by atoms with van der Waals surface area (Å²) in [5.41, 5.74) is -8.24. The predicted octanol–water partition coefficient (Wildman–Crippen LogP) is 8.08. The minimum atomic E-state index is -5.23. The summed E-state index contributed by atoms with van der Waals surface area (Å²) in [6.07, 6.45) is -20.9. The van der Waals surface area contributed by atoms with Crippen molar-refractivity contribution in [2.75, 3.05) is 9.21 Å². The van der Waals surface area contributed by atoms with Crippen LogP contribution in [0.1, 0.15) is 22.3 Å². The first kappa shape index (κ1) is 30.8. The van der Waals surface area contributed by atoms with Gasteiger partial charge in [0.05, 0.1) is 22.3 Å². The lowest BCUT2D eigenvalue weighted by atomic mass is 10.1. The summed E-state index contributed by atoms with van der Waals surface area (Å²) >= 11 is 0. The molecule has 0 aliphatic heterocycles. The van der Waals surface area contributed by atoms with Crippen LogP contribution in [0.25, 0.3) is 0 Å². The SMILES string of the molecule is C[Si](C)(O)N(c1cc(C(F)(F)F)cc(C(F)(F)F)c1)[Si](C)(C)Nc1cc(C(F)(F)F)cc(C(F)(F)F)c1. The highest BCUT2D eigenvalue weighted by atomic mass is 28.4. The van der Waals surface area contributed by atoms with E-state index in [1.165, 1.54) is 13.1 Å². The standard InChI is InChI=1S/C20H20F12N2OSi2/c1-36(2,33-15-7-11(17(21,22)23)5-12(8-15)18(24,25)26)34(37(3,4)35)16-9-13(19(27,28)29)6-14(10-16)20(30,31)32/h5-10,33,35H,1-4H3. The molecule has 2 rings (SSSR count). The monoisotopic (exact) mass is 588 g/mol. The van der Waals surface area contributed by atoms with Crippen LogP contribution in [0, 0.1) is 0 Å². The molecule has 17 heteroatoms. The smallest absolute Gasteiger partial charge is 0.416 e. The van der Waals surface area contributed by atoms with E-state index in [1.54, 1.807) is 0 Å². The summed E-state index contributed by atoms with van der Waals surface area (Å²) < 4.78 is 161. The van der Waals surface area contributed by atoms with Gasteiger partial charge in [-0.1, -0.05) is 0 Å². The van der Waals surface area contributed by atoms with Crippen molar-refractivity contribution in [2.24, 2.45) is 0 Å². The second-order valence-electron chi connectivity index (χ2n) is 9.07. The van der Waals surface area contributed by atoms with E-state index in [9.17, 15) is 57.5 Å². The summed E-state index contributed by atoms with van der Waals surface area (Å²) in [7, 11) is -7.78. The molecular weight excluding hydrogens is 568 g/mol. The Labute approximate surface area is 205 Å². The molecule has 0 spiro atoms. The van der Waals surface area contributed by atoms with Crippen LogP contribution in [0.4, 0.5) is 64.1 Å². The lowest BCUT2D eigenvalue weighted by molar-refractivity contribution is -0.144. The number of hydrogen-bond donors (Lipinski definition) is 2.